The van der Waals surface area contributed by atoms with Crippen LogP contribution in [0.4, 0.5) is 17.2 Å². The summed E-state index contributed by atoms with van der Waals surface area (Å²) in [6.07, 6.45) is 2.90. The van der Waals surface area contributed by atoms with Gasteiger partial charge in [-0.15, -0.1) is 0 Å². The summed E-state index contributed by atoms with van der Waals surface area (Å²) in [6, 6.07) is 5.69. The molecule has 0 fully saturated rings. The second kappa shape index (κ2) is 10.8. The molecule has 23 heavy (non-hydrogen) atoms. The van der Waals surface area contributed by atoms with Gasteiger partial charge in [0.15, 0.2) is 0 Å². The van der Waals surface area contributed by atoms with Crippen LogP contribution in [-0.4, -0.2) is 33.9 Å². The number of aromatic nitrogens is 2. The zero-order chi connectivity index (χ0) is 17.8. The lowest BCUT2D eigenvalue weighted by Gasteiger charge is -1.97. The van der Waals surface area contributed by atoms with Gasteiger partial charge in [-0.25, -0.2) is 9.97 Å². The highest BCUT2D eigenvalue weighted by atomic mass is 35.5. The summed E-state index contributed by atoms with van der Waals surface area (Å²) < 4.78 is 0. The van der Waals surface area contributed by atoms with Gasteiger partial charge >= 0.3 is 11.4 Å². The van der Waals surface area contributed by atoms with Crippen LogP contribution in [0.25, 0.3) is 0 Å². The maximum Gasteiger partial charge on any atom is 0.311 e. The fourth-order valence-corrected chi connectivity index (χ4v) is 1.44. The Morgan fingerprint density at radius 2 is 1.52 bits per heavy atom. The Kier molecular flexibility index (Phi) is 9.48. The van der Waals surface area contributed by atoms with E-state index in [4.69, 9.17) is 11.6 Å². The summed E-state index contributed by atoms with van der Waals surface area (Å²) in [7, 11) is 3.09. The van der Waals surface area contributed by atoms with Crippen LogP contribution < -0.4 is 11.1 Å². The number of nitro groups is 2. The molecular weight excluding hydrogens is 328 g/mol. The fourth-order valence-electron chi connectivity index (χ4n) is 1.25. The predicted molar refractivity (Wildman–Crippen MR) is 86.5 cm³/mol. The van der Waals surface area contributed by atoms with E-state index in [1.165, 1.54) is 43.7 Å². The van der Waals surface area contributed by atoms with Gasteiger partial charge in [0.1, 0.15) is 0 Å². The van der Waals surface area contributed by atoms with E-state index in [9.17, 15) is 20.2 Å². The van der Waals surface area contributed by atoms with Crippen LogP contribution in [0.1, 0.15) is 0 Å². The second-order valence-corrected chi connectivity index (χ2v) is 3.81. The molecule has 0 aliphatic heterocycles. The Morgan fingerprint density at radius 1 is 1.04 bits per heavy atom. The Bertz CT molecular complexity index is 655. The van der Waals surface area contributed by atoms with Gasteiger partial charge in [-0.1, -0.05) is 11.6 Å². The summed E-state index contributed by atoms with van der Waals surface area (Å²) in [5.74, 6) is 0.289. The Morgan fingerprint density at radius 3 is 1.87 bits per heavy atom. The molecule has 0 saturated heterocycles. The van der Waals surface area contributed by atoms with Crippen LogP contribution in [0.2, 0.25) is 5.15 Å². The molecule has 0 aromatic carbocycles. The molecule has 3 N–H and O–H groups in total. The molecule has 0 saturated carbocycles. The largest absolute Gasteiger partial charge is 0.367 e. The lowest BCUT2D eigenvalue weighted by atomic mass is 10.4. The third kappa shape index (κ3) is 6.63. The third-order valence-corrected chi connectivity index (χ3v) is 2.45. The minimum absolute atomic E-state index is 0.00463. The zero-order valence-corrected chi connectivity index (χ0v) is 13.1. The molecule has 2 heterocycles. The molecule has 0 amide bonds. The van der Waals surface area contributed by atoms with Crippen molar-refractivity contribution in [3.05, 3.63) is 62.0 Å². The summed E-state index contributed by atoms with van der Waals surface area (Å²) >= 11 is 5.37. The molecule has 2 aromatic heterocycles. The normalized spacial score (nSPS) is 8.70. The Labute approximate surface area is 136 Å². The SMILES string of the molecule is CN.CNc1ncccc1[N+](=O)[O-].O=[N+]([O-])c1cccnc1Cl. The van der Waals surface area contributed by atoms with Crippen LogP contribution in [0.15, 0.2) is 36.7 Å². The van der Waals surface area contributed by atoms with Gasteiger partial charge in [0.05, 0.1) is 9.85 Å². The number of nitrogens with one attached hydrogen (secondary N) is 1. The van der Waals surface area contributed by atoms with Crippen molar-refractivity contribution in [2.75, 3.05) is 19.4 Å². The number of nitrogens with two attached hydrogens (primary N) is 1. The van der Waals surface area contributed by atoms with E-state index in [0.29, 0.717) is 0 Å². The number of anilines is 1. The fraction of sp³-hybridized carbons (Fsp3) is 0.167. The summed E-state index contributed by atoms with van der Waals surface area (Å²) in [5, 5.41) is 23.0. The zero-order valence-electron chi connectivity index (χ0n) is 12.3. The highest BCUT2D eigenvalue weighted by Crippen LogP contribution is 2.19. The standard InChI is InChI=1S/C6H7N3O2.C5H3ClN2O2.CH5N/c1-7-6-5(9(10)11)3-2-4-8-6;6-5-4(8(9)10)2-1-3-7-5;1-2/h2-4H,1H3,(H,7,8);1-3H;2H2,1H3. The van der Waals surface area contributed by atoms with Gasteiger partial charge in [0, 0.05) is 31.6 Å². The molecule has 0 aliphatic rings. The average molecular weight is 343 g/mol. The molecule has 124 valence electrons. The molecule has 0 aliphatic carbocycles. The van der Waals surface area contributed by atoms with E-state index >= 15 is 0 Å². The molecular formula is C12H15ClN6O4. The minimum atomic E-state index is -0.574. The topological polar surface area (TPSA) is 150 Å². The predicted octanol–water partition coefficient (Wildman–Crippen LogP) is 2.25. The molecule has 0 radical (unpaired) electrons. The van der Waals surface area contributed by atoms with Crippen molar-refractivity contribution in [1.82, 2.24) is 9.97 Å². The molecule has 2 aromatic rings. The third-order valence-electron chi connectivity index (χ3n) is 2.16. The van der Waals surface area contributed by atoms with Crippen molar-refractivity contribution in [2.45, 2.75) is 0 Å². The first-order valence-corrected chi connectivity index (χ1v) is 6.45. The maximum atomic E-state index is 10.3. The lowest BCUT2D eigenvalue weighted by Crippen LogP contribution is -1.97. The smallest absolute Gasteiger partial charge is 0.311 e. The lowest BCUT2D eigenvalue weighted by molar-refractivity contribution is -0.385. The van der Waals surface area contributed by atoms with Crippen LogP contribution >= 0.6 is 11.6 Å². The van der Waals surface area contributed by atoms with Gasteiger partial charge in [-0.2, -0.15) is 0 Å². The molecule has 0 unspecified atom stereocenters. The van der Waals surface area contributed by atoms with Crippen molar-refractivity contribution >= 4 is 28.8 Å². The van der Waals surface area contributed by atoms with E-state index < -0.39 is 9.85 Å². The van der Waals surface area contributed by atoms with Gasteiger partial charge < -0.3 is 11.1 Å². The van der Waals surface area contributed by atoms with E-state index in [2.05, 4.69) is 21.0 Å². The van der Waals surface area contributed by atoms with Crippen molar-refractivity contribution in [2.24, 2.45) is 5.73 Å². The average Bonchev–Trinajstić information content (AvgIpc) is 2.57. The van der Waals surface area contributed by atoms with E-state index in [1.807, 2.05) is 0 Å². The molecule has 11 heteroatoms. The quantitative estimate of drug-likeness (QED) is 0.489. The van der Waals surface area contributed by atoms with E-state index in [0.717, 1.165) is 0 Å². The van der Waals surface area contributed by atoms with Crippen molar-refractivity contribution in [3.63, 3.8) is 0 Å². The summed E-state index contributed by atoms with van der Waals surface area (Å²) in [4.78, 5) is 26.7. The van der Waals surface area contributed by atoms with Crippen LogP contribution in [0, 0.1) is 20.2 Å². The van der Waals surface area contributed by atoms with E-state index in [1.54, 1.807) is 7.05 Å². The summed E-state index contributed by atoms with van der Waals surface area (Å²) in [5.41, 5.74) is 4.33. The van der Waals surface area contributed by atoms with Gasteiger partial charge in [-0.3, -0.25) is 20.2 Å². The van der Waals surface area contributed by atoms with Crippen molar-refractivity contribution in [3.8, 4) is 0 Å². The van der Waals surface area contributed by atoms with Crippen LogP contribution in [0.3, 0.4) is 0 Å². The van der Waals surface area contributed by atoms with Gasteiger partial charge in [0.25, 0.3) is 0 Å². The molecule has 0 spiro atoms. The Balaban J connectivity index is 0.000000381. The highest BCUT2D eigenvalue weighted by Gasteiger charge is 2.11. The first-order valence-electron chi connectivity index (χ1n) is 6.07. The number of rotatable bonds is 3. The van der Waals surface area contributed by atoms with Crippen molar-refractivity contribution in [1.29, 1.82) is 0 Å². The molecule has 2 rings (SSSR count). The van der Waals surface area contributed by atoms with Crippen molar-refractivity contribution < 1.29 is 9.85 Å². The number of halogens is 1. The monoisotopic (exact) mass is 342 g/mol. The Hall–Kier alpha value is -2.85. The molecule has 10 nitrogen and oxygen atoms in total. The second-order valence-electron chi connectivity index (χ2n) is 3.45. The first-order chi connectivity index (χ1) is 11.0. The number of hydrogen-bond acceptors (Lipinski definition) is 8. The van der Waals surface area contributed by atoms with Gasteiger partial charge in [0.2, 0.25) is 11.0 Å². The van der Waals surface area contributed by atoms with Crippen LogP contribution in [-0.2, 0) is 0 Å². The number of pyridine rings is 2. The van der Waals surface area contributed by atoms with Gasteiger partial charge in [-0.05, 0) is 19.2 Å². The first kappa shape index (κ1) is 20.1. The minimum Gasteiger partial charge on any atom is -0.367 e. The maximum absolute atomic E-state index is 10.3. The number of hydrogen-bond donors (Lipinski definition) is 2. The highest BCUT2D eigenvalue weighted by molar-refractivity contribution is 6.31. The summed E-state index contributed by atoms with van der Waals surface area (Å²) in [6.45, 7) is 0. The molecule has 0 atom stereocenters. The molecule has 0 bridgehead atoms. The van der Waals surface area contributed by atoms with Crippen LogP contribution in [0.5, 0.6) is 0 Å². The number of nitrogens with zero attached hydrogens (tertiary/aromatic N) is 4. The van der Waals surface area contributed by atoms with E-state index in [-0.39, 0.29) is 22.3 Å².